The zero-order chi connectivity index (χ0) is 12.3. The summed E-state index contributed by atoms with van der Waals surface area (Å²) >= 11 is 5.75. The summed E-state index contributed by atoms with van der Waals surface area (Å²) in [6.45, 7) is 4.98. The summed E-state index contributed by atoms with van der Waals surface area (Å²) in [6.07, 6.45) is 3.78. The van der Waals surface area contributed by atoms with Crippen LogP contribution in [0.2, 0.25) is 5.22 Å². The van der Waals surface area contributed by atoms with Crippen molar-refractivity contribution in [2.75, 3.05) is 19.6 Å². The van der Waals surface area contributed by atoms with Crippen molar-refractivity contribution in [1.29, 1.82) is 0 Å². The number of carbonyl (C=O) groups excluding carboxylic acids is 1. The van der Waals surface area contributed by atoms with E-state index in [0.717, 1.165) is 19.5 Å². The average Bonchev–Trinajstić information content (AvgIpc) is 2.94. The summed E-state index contributed by atoms with van der Waals surface area (Å²) in [7, 11) is 0. The van der Waals surface area contributed by atoms with Crippen LogP contribution in [0.3, 0.4) is 0 Å². The van der Waals surface area contributed by atoms with Gasteiger partial charge in [0.2, 0.25) is 5.22 Å². The van der Waals surface area contributed by atoms with Crippen molar-refractivity contribution >= 4 is 17.5 Å². The van der Waals surface area contributed by atoms with Crippen LogP contribution < -0.4 is 5.32 Å². The number of hydrogen-bond acceptors (Lipinski definition) is 3. The number of hydrogen-bond donors (Lipinski definition) is 1. The number of furan rings is 1. The highest BCUT2D eigenvalue weighted by Crippen LogP contribution is 2.18. The number of likely N-dealkylation sites (tertiary alicyclic amines) is 1. The maximum atomic E-state index is 11.8. The molecule has 1 aromatic heterocycles. The predicted octanol–water partition coefficient (Wildman–Crippen LogP) is 2.15. The number of nitrogens with zero attached hydrogens (tertiary/aromatic N) is 1. The van der Waals surface area contributed by atoms with Gasteiger partial charge in [0.05, 0.1) is 11.8 Å². The zero-order valence-electron chi connectivity index (χ0n) is 9.91. The molecule has 1 unspecified atom stereocenters. The van der Waals surface area contributed by atoms with Crippen LogP contribution in [0.5, 0.6) is 0 Å². The Balaban J connectivity index is 1.86. The quantitative estimate of drug-likeness (QED) is 0.898. The third-order valence-corrected chi connectivity index (χ3v) is 3.56. The molecule has 0 radical (unpaired) electrons. The first kappa shape index (κ1) is 12.5. The maximum Gasteiger partial charge on any atom is 0.256 e. The van der Waals surface area contributed by atoms with Crippen molar-refractivity contribution in [2.45, 2.75) is 25.8 Å². The molecule has 0 aliphatic carbocycles. The fourth-order valence-corrected chi connectivity index (χ4v) is 2.50. The molecule has 2 heterocycles. The van der Waals surface area contributed by atoms with E-state index in [-0.39, 0.29) is 11.1 Å². The Morgan fingerprint density at radius 3 is 3.18 bits per heavy atom. The van der Waals surface area contributed by atoms with Crippen molar-refractivity contribution in [3.05, 3.63) is 23.1 Å². The first-order valence-electron chi connectivity index (χ1n) is 5.97. The number of rotatable bonds is 4. The third kappa shape index (κ3) is 2.82. The average molecular weight is 257 g/mol. The summed E-state index contributed by atoms with van der Waals surface area (Å²) in [5.74, 6) is -0.160. The van der Waals surface area contributed by atoms with Crippen LogP contribution in [0.4, 0.5) is 0 Å². The second-order valence-corrected chi connectivity index (χ2v) is 4.59. The van der Waals surface area contributed by atoms with Crippen molar-refractivity contribution < 1.29 is 9.21 Å². The van der Waals surface area contributed by atoms with Gasteiger partial charge in [-0.2, -0.15) is 0 Å². The molecule has 1 N–H and O–H groups in total. The van der Waals surface area contributed by atoms with Gasteiger partial charge in [-0.3, -0.25) is 9.69 Å². The SMILES string of the molecule is CCN1CCCC1CNC(=O)c1ccoc1Cl. The molecule has 1 saturated heterocycles. The number of amides is 1. The lowest BCUT2D eigenvalue weighted by Gasteiger charge is -2.22. The lowest BCUT2D eigenvalue weighted by Crippen LogP contribution is -2.40. The fourth-order valence-electron chi connectivity index (χ4n) is 2.30. The molecule has 0 saturated carbocycles. The molecular weight excluding hydrogens is 240 g/mol. The minimum absolute atomic E-state index is 0.154. The molecule has 1 aromatic rings. The maximum absolute atomic E-state index is 11.8. The first-order chi connectivity index (χ1) is 8.22. The van der Waals surface area contributed by atoms with E-state index in [1.807, 2.05) is 0 Å². The molecule has 2 rings (SSSR count). The van der Waals surface area contributed by atoms with Gasteiger partial charge in [-0.05, 0) is 43.6 Å². The van der Waals surface area contributed by atoms with Gasteiger partial charge in [-0.25, -0.2) is 0 Å². The highest BCUT2D eigenvalue weighted by molar-refractivity contribution is 6.32. The van der Waals surface area contributed by atoms with Crippen LogP contribution in [-0.4, -0.2) is 36.5 Å². The van der Waals surface area contributed by atoms with Gasteiger partial charge < -0.3 is 9.73 Å². The van der Waals surface area contributed by atoms with Crippen molar-refractivity contribution in [3.8, 4) is 0 Å². The van der Waals surface area contributed by atoms with Gasteiger partial charge in [0.25, 0.3) is 5.91 Å². The van der Waals surface area contributed by atoms with E-state index >= 15 is 0 Å². The topological polar surface area (TPSA) is 45.5 Å². The molecule has 0 spiro atoms. The first-order valence-corrected chi connectivity index (χ1v) is 6.35. The molecule has 1 aliphatic rings. The molecule has 0 aromatic carbocycles. The van der Waals surface area contributed by atoms with Crippen LogP contribution in [0.1, 0.15) is 30.1 Å². The fraction of sp³-hybridized carbons (Fsp3) is 0.583. The Labute approximate surface area is 106 Å². The van der Waals surface area contributed by atoms with Gasteiger partial charge in [-0.15, -0.1) is 0 Å². The molecule has 1 fully saturated rings. The molecule has 0 bridgehead atoms. The Morgan fingerprint density at radius 1 is 1.71 bits per heavy atom. The number of halogens is 1. The molecule has 94 valence electrons. The number of carbonyl (C=O) groups is 1. The van der Waals surface area contributed by atoms with E-state index in [2.05, 4.69) is 17.1 Å². The highest BCUT2D eigenvalue weighted by atomic mass is 35.5. The lowest BCUT2D eigenvalue weighted by atomic mass is 10.2. The summed E-state index contributed by atoms with van der Waals surface area (Å²) in [5, 5.41) is 3.06. The van der Waals surface area contributed by atoms with Gasteiger partial charge in [-0.1, -0.05) is 6.92 Å². The molecule has 1 amide bonds. The highest BCUT2D eigenvalue weighted by Gasteiger charge is 2.23. The summed E-state index contributed by atoms with van der Waals surface area (Å²) in [6, 6.07) is 2.04. The lowest BCUT2D eigenvalue weighted by molar-refractivity contribution is 0.0941. The largest absolute Gasteiger partial charge is 0.452 e. The van der Waals surface area contributed by atoms with Crippen LogP contribution in [-0.2, 0) is 0 Å². The van der Waals surface area contributed by atoms with Crippen LogP contribution in [0, 0.1) is 0 Å². The van der Waals surface area contributed by atoms with Gasteiger partial charge in [0, 0.05) is 12.6 Å². The number of likely N-dealkylation sites (N-methyl/N-ethyl adjacent to an activating group) is 1. The Kier molecular flexibility index (Phi) is 4.07. The molecule has 5 heteroatoms. The Bertz CT molecular complexity index is 392. The van der Waals surface area contributed by atoms with Crippen molar-refractivity contribution in [2.24, 2.45) is 0 Å². The predicted molar refractivity (Wildman–Crippen MR) is 66.3 cm³/mol. The van der Waals surface area contributed by atoms with E-state index in [9.17, 15) is 4.79 Å². The monoisotopic (exact) mass is 256 g/mol. The minimum atomic E-state index is -0.160. The second kappa shape index (κ2) is 5.56. The Morgan fingerprint density at radius 2 is 2.53 bits per heavy atom. The van der Waals surface area contributed by atoms with E-state index in [1.165, 1.54) is 12.7 Å². The summed E-state index contributed by atoms with van der Waals surface area (Å²) < 4.78 is 4.89. The standard InChI is InChI=1S/C12H17ClN2O2/c1-2-15-6-3-4-9(15)8-14-12(16)10-5-7-17-11(10)13/h5,7,9H,2-4,6,8H2,1H3,(H,14,16). The van der Waals surface area contributed by atoms with Crippen LogP contribution in [0.15, 0.2) is 16.7 Å². The zero-order valence-corrected chi connectivity index (χ0v) is 10.7. The second-order valence-electron chi connectivity index (χ2n) is 4.24. The van der Waals surface area contributed by atoms with E-state index in [4.69, 9.17) is 16.0 Å². The molecule has 1 aliphatic heterocycles. The smallest absolute Gasteiger partial charge is 0.256 e. The van der Waals surface area contributed by atoms with E-state index in [1.54, 1.807) is 6.07 Å². The molecule has 17 heavy (non-hydrogen) atoms. The summed E-state index contributed by atoms with van der Waals surface area (Å²) in [5.41, 5.74) is 0.410. The van der Waals surface area contributed by atoms with Gasteiger partial charge in [0.1, 0.15) is 0 Å². The molecule has 1 atom stereocenters. The molecular formula is C12H17ClN2O2. The molecule has 4 nitrogen and oxygen atoms in total. The minimum Gasteiger partial charge on any atom is -0.452 e. The van der Waals surface area contributed by atoms with E-state index < -0.39 is 0 Å². The van der Waals surface area contributed by atoms with Gasteiger partial charge in [0.15, 0.2) is 0 Å². The van der Waals surface area contributed by atoms with Crippen LogP contribution >= 0.6 is 11.6 Å². The third-order valence-electron chi connectivity index (χ3n) is 3.27. The van der Waals surface area contributed by atoms with Crippen molar-refractivity contribution in [3.63, 3.8) is 0 Å². The van der Waals surface area contributed by atoms with E-state index in [0.29, 0.717) is 18.2 Å². The van der Waals surface area contributed by atoms with Crippen LogP contribution in [0.25, 0.3) is 0 Å². The normalized spacial score (nSPS) is 20.7. The number of nitrogens with one attached hydrogen (secondary N) is 1. The van der Waals surface area contributed by atoms with Crippen molar-refractivity contribution in [1.82, 2.24) is 10.2 Å². The van der Waals surface area contributed by atoms with Gasteiger partial charge >= 0.3 is 0 Å². The summed E-state index contributed by atoms with van der Waals surface area (Å²) in [4.78, 5) is 14.2. The Hall–Kier alpha value is -1.00.